The summed E-state index contributed by atoms with van der Waals surface area (Å²) in [4.78, 5) is 0. The average Bonchev–Trinajstić information content (AvgIpc) is 2.26. The first kappa shape index (κ1) is 13.0. The van der Waals surface area contributed by atoms with Gasteiger partial charge >= 0.3 is 0 Å². The molecule has 0 fully saturated rings. The van der Waals surface area contributed by atoms with Crippen LogP contribution in [-0.2, 0) is 0 Å². The second-order valence-electron chi connectivity index (χ2n) is 4.46. The van der Waals surface area contributed by atoms with E-state index in [9.17, 15) is 10.2 Å². The molecule has 3 heteroatoms. The molecule has 90 valence electrons. The highest BCUT2D eigenvalue weighted by Crippen LogP contribution is 2.28. The van der Waals surface area contributed by atoms with Crippen LogP contribution in [0.15, 0.2) is 18.2 Å². The summed E-state index contributed by atoms with van der Waals surface area (Å²) in [5.74, 6) is 0.283. The van der Waals surface area contributed by atoms with Crippen molar-refractivity contribution in [3.63, 3.8) is 0 Å². The maximum atomic E-state index is 10.00. The van der Waals surface area contributed by atoms with Crippen LogP contribution >= 0.6 is 0 Å². The Morgan fingerprint density at radius 3 is 2.50 bits per heavy atom. The van der Waals surface area contributed by atoms with E-state index in [4.69, 9.17) is 5.73 Å². The normalized spacial score (nSPS) is 16.8. The largest absolute Gasteiger partial charge is 0.508 e. The van der Waals surface area contributed by atoms with E-state index in [1.165, 1.54) is 0 Å². The van der Waals surface area contributed by atoms with Gasteiger partial charge in [-0.05, 0) is 24.5 Å². The Bertz CT molecular complexity index is 352. The van der Waals surface area contributed by atoms with E-state index in [0.29, 0.717) is 5.56 Å². The Kier molecular flexibility index (Phi) is 4.33. The third-order valence-electron chi connectivity index (χ3n) is 3.14. The van der Waals surface area contributed by atoms with Crippen molar-refractivity contribution in [3.05, 3.63) is 29.3 Å². The van der Waals surface area contributed by atoms with Crippen molar-refractivity contribution in [2.75, 3.05) is 0 Å². The maximum absolute atomic E-state index is 10.00. The zero-order chi connectivity index (χ0) is 12.3. The predicted octanol–water partition coefficient (Wildman–Crippen LogP) is 2.11. The van der Waals surface area contributed by atoms with E-state index in [1.807, 2.05) is 26.8 Å². The Hall–Kier alpha value is -1.06. The number of benzene rings is 1. The lowest BCUT2D eigenvalue weighted by molar-refractivity contribution is 0.0871. The van der Waals surface area contributed by atoms with Crippen molar-refractivity contribution in [3.8, 4) is 5.75 Å². The summed E-state index contributed by atoms with van der Waals surface area (Å²) in [6, 6.07) is 4.80. The first-order valence-corrected chi connectivity index (χ1v) is 5.70. The van der Waals surface area contributed by atoms with E-state index in [0.717, 1.165) is 12.0 Å². The zero-order valence-electron chi connectivity index (χ0n) is 10.1. The molecular formula is C13H21NO2. The molecule has 0 aliphatic rings. The van der Waals surface area contributed by atoms with Gasteiger partial charge in [0.05, 0.1) is 12.1 Å². The monoisotopic (exact) mass is 223 g/mol. The number of hydrogen-bond donors (Lipinski definition) is 3. The fraction of sp³-hybridized carbons (Fsp3) is 0.538. The van der Waals surface area contributed by atoms with Crippen molar-refractivity contribution in [2.24, 2.45) is 11.7 Å². The fourth-order valence-corrected chi connectivity index (χ4v) is 1.71. The van der Waals surface area contributed by atoms with Gasteiger partial charge in [0, 0.05) is 5.56 Å². The molecule has 4 N–H and O–H groups in total. The summed E-state index contributed by atoms with van der Waals surface area (Å²) in [5.41, 5.74) is 7.54. The molecule has 1 unspecified atom stereocenters. The van der Waals surface area contributed by atoms with Crippen LogP contribution in [0, 0.1) is 12.8 Å². The third-order valence-corrected chi connectivity index (χ3v) is 3.14. The molecule has 0 heterocycles. The minimum absolute atomic E-state index is 0.121. The van der Waals surface area contributed by atoms with Crippen LogP contribution in [-0.4, -0.2) is 16.3 Å². The lowest BCUT2D eigenvalue weighted by Crippen LogP contribution is -2.31. The predicted molar refractivity (Wildman–Crippen MR) is 65.2 cm³/mol. The number of hydrogen-bond acceptors (Lipinski definition) is 3. The van der Waals surface area contributed by atoms with E-state index in [1.54, 1.807) is 12.1 Å². The molecule has 0 saturated heterocycles. The Morgan fingerprint density at radius 2 is 2.00 bits per heavy atom. The lowest BCUT2D eigenvalue weighted by Gasteiger charge is -2.24. The van der Waals surface area contributed by atoms with Crippen LogP contribution < -0.4 is 5.73 Å². The molecule has 0 spiro atoms. The molecule has 1 rings (SSSR count). The average molecular weight is 223 g/mol. The molecule has 0 aliphatic heterocycles. The molecule has 0 aromatic heterocycles. The van der Waals surface area contributed by atoms with Gasteiger partial charge in [-0.1, -0.05) is 32.4 Å². The van der Waals surface area contributed by atoms with Gasteiger partial charge in [0.2, 0.25) is 0 Å². The van der Waals surface area contributed by atoms with Gasteiger partial charge in [-0.25, -0.2) is 0 Å². The summed E-state index contributed by atoms with van der Waals surface area (Å²) in [6.07, 6.45) is 0.236. The first-order chi connectivity index (χ1) is 7.47. The minimum atomic E-state index is -0.626. The van der Waals surface area contributed by atoms with Gasteiger partial charge in [-0.2, -0.15) is 0 Å². The summed E-state index contributed by atoms with van der Waals surface area (Å²) in [6.45, 7) is 5.87. The Labute approximate surface area is 96.9 Å². The minimum Gasteiger partial charge on any atom is -0.508 e. The summed E-state index contributed by atoms with van der Waals surface area (Å²) >= 11 is 0. The number of aliphatic hydroxyl groups is 1. The van der Waals surface area contributed by atoms with E-state index in [-0.39, 0.29) is 11.7 Å². The van der Waals surface area contributed by atoms with Gasteiger partial charge in [0.25, 0.3) is 0 Å². The molecule has 1 aromatic rings. The van der Waals surface area contributed by atoms with Gasteiger partial charge in [-0.3, -0.25) is 0 Å². The van der Waals surface area contributed by atoms with Crippen LogP contribution in [0.4, 0.5) is 0 Å². The van der Waals surface area contributed by atoms with Crippen LogP contribution in [0.5, 0.6) is 5.75 Å². The molecule has 16 heavy (non-hydrogen) atoms. The molecule has 3 atom stereocenters. The Balaban J connectivity index is 2.91. The van der Waals surface area contributed by atoms with Crippen molar-refractivity contribution in [1.29, 1.82) is 0 Å². The molecule has 0 saturated carbocycles. The molecule has 0 radical (unpaired) electrons. The number of phenolic OH excluding ortho intramolecular Hbond substituents is 1. The quantitative estimate of drug-likeness (QED) is 0.732. The molecule has 3 nitrogen and oxygen atoms in total. The van der Waals surface area contributed by atoms with Crippen molar-refractivity contribution in [2.45, 2.75) is 39.3 Å². The maximum Gasteiger partial charge on any atom is 0.120 e. The summed E-state index contributed by atoms with van der Waals surface area (Å²) in [5, 5.41) is 19.8. The standard InChI is InChI=1S/C13H21NO2/c1-4-9(3)13(16)12(14)10-6-5-8(2)7-11(10)15/h5-7,9,12-13,15-16H,4,14H2,1-3H3/t9?,12-,13+/m0/s1. The van der Waals surface area contributed by atoms with Gasteiger partial charge in [0.15, 0.2) is 0 Å². The van der Waals surface area contributed by atoms with Crippen molar-refractivity contribution in [1.82, 2.24) is 0 Å². The number of aryl methyl sites for hydroxylation is 1. The van der Waals surface area contributed by atoms with Crippen LogP contribution in [0.25, 0.3) is 0 Å². The first-order valence-electron chi connectivity index (χ1n) is 5.70. The van der Waals surface area contributed by atoms with Gasteiger partial charge in [0.1, 0.15) is 5.75 Å². The van der Waals surface area contributed by atoms with Crippen LogP contribution in [0.3, 0.4) is 0 Å². The van der Waals surface area contributed by atoms with E-state index >= 15 is 0 Å². The molecule has 1 aromatic carbocycles. The molecule has 0 bridgehead atoms. The number of aliphatic hydroxyl groups excluding tert-OH is 1. The third kappa shape index (κ3) is 2.74. The number of nitrogens with two attached hydrogens (primary N) is 1. The molecular weight excluding hydrogens is 202 g/mol. The van der Waals surface area contributed by atoms with E-state index in [2.05, 4.69) is 0 Å². The highest BCUT2D eigenvalue weighted by molar-refractivity contribution is 5.38. The second-order valence-corrected chi connectivity index (χ2v) is 4.46. The highest BCUT2D eigenvalue weighted by Gasteiger charge is 2.23. The topological polar surface area (TPSA) is 66.5 Å². The Morgan fingerprint density at radius 1 is 1.38 bits per heavy atom. The fourth-order valence-electron chi connectivity index (χ4n) is 1.71. The lowest BCUT2D eigenvalue weighted by atomic mass is 9.91. The summed E-state index contributed by atoms with van der Waals surface area (Å²) < 4.78 is 0. The zero-order valence-corrected chi connectivity index (χ0v) is 10.1. The van der Waals surface area contributed by atoms with Gasteiger partial charge in [-0.15, -0.1) is 0 Å². The molecule has 0 aliphatic carbocycles. The second kappa shape index (κ2) is 5.32. The number of rotatable bonds is 4. The highest BCUT2D eigenvalue weighted by atomic mass is 16.3. The van der Waals surface area contributed by atoms with Crippen molar-refractivity contribution >= 4 is 0 Å². The van der Waals surface area contributed by atoms with Crippen LogP contribution in [0.2, 0.25) is 0 Å². The van der Waals surface area contributed by atoms with Crippen molar-refractivity contribution < 1.29 is 10.2 Å². The number of phenols is 1. The van der Waals surface area contributed by atoms with Crippen LogP contribution in [0.1, 0.15) is 37.4 Å². The smallest absolute Gasteiger partial charge is 0.120 e. The summed E-state index contributed by atoms with van der Waals surface area (Å²) in [7, 11) is 0. The number of aromatic hydroxyl groups is 1. The van der Waals surface area contributed by atoms with E-state index < -0.39 is 12.1 Å². The SMILES string of the molecule is CCC(C)[C@@H](O)[C@@H](N)c1ccc(C)cc1O. The molecule has 0 amide bonds. The van der Waals surface area contributed by atoms with Gasteiger partial charge < -0.3 is 15.9 Å².